The average Bonchev–Trinajstić information content (AvgIpc) is 2.46. The number of aromatic nitrogens is 2. The SMILES string of the molecule is NCC#Cc1ccccc1S(=O)(=O)Nc1ncccn1. The van der Waals surface area contributed by atoms with Crippen LogP contribution in [0.15, 0.2) is 47.6 Å². The van der Waals surface area contributed by atoms with Crippen molar-refractivity contribution in [2.45, 2.75) is 4.90 Å². The zero-order valence-electron chi connectivity index (χ0n) is 10.4. The molecule has 0 atom stereocenters. The third-order valence-corrected chi connectivity index (χ3v) is 3.68. The molecule has 1 aromatic heterocycles. The Hall–Kier alpha value is -2.43. The van der Waals surface area contributed by atoms with E-state index in [1.807, 2.05) is 0 Å². The average molecular weight is 288 g/mol. The summed E-state index contributed by atoms with van der Waals surface area (Å²) in [6.45, 7) is 0.156. The van der Waals surface area contributed by atoms with E-state index in [4.69, 9.17) is 5.73 Å². The number of hydrogen-bond acceptors (Lipinski definition) is 5. The highest BCUT2D eigenvalue weighted by Crippen LogP contribution is 2.16. The molecule has 0 aliphatic heterocycles. The summed E-state index contributed by atoms with van der Waals surface area (Å²) in [5.41, 5.74) is 5.68. The van der Waals surface area contributed by atoms with Crippen molar-refractivity contribution >= 4 is 16.0 Å². The number of sulfonamides is 1. The maximum atomic E-state index is 12.3. The second-order valence-electron chi connectivity index (χ2n) is 3.68. The Balaban J connectivity index is 2.40. The van der Waals surface area contributed by atoms with Gasteiger partial charge in [0.15, 0.2) is 0 Å². The molecule has 1 heterocycles. The Kier molecular flexibility index (Phi) is 4.30. The molecule has 0 spiro atoms. The lowest BCUT2D eigenvalue weighted by atomic mass is 10.2. The molecule has 0 saturated carbocycles. The second kappa shape index (κ2) is 6.14. The first kappa shape index (κ1) is 14.0. The van der Waals surface area contributed by atoms with Gasteiger partial charge in [0.05, 0.1) is 6.54 Å². The number of nitrogens with one attached hydrogen (secondary N) is 1. The maximum Gasteiger partial charge on any atom is 0.265 e. The molecule has 2 rings (SSSR count). The molecule has 102 valence electrons. The second-order valence-corrected chi connectivity index (χ2v) is 5.33. The van der Waals surface area contributed by atoms with E-state index < -0.39 is 10.0 Å². The minimum absolute atomic E-state index is 0.00841. The summed E-state index contributed by atoms with van der Waals surface area (Å²) in [5.74, 6) is 5.37. The Bertz CT molecular complexity index is 749. The standard InChI is InChI=1S/C13H12N4O2S/c14-8-3-6-11-5-1-2-7-12(11)20(18,19)17-13-15-9-4-10-16-13/h1-2,4-5,7,9-10H,8,14H2,(H,15,16,17). The van der Waals surface area contributed by atoms with Crippen LogP contribution in [0.2, 0.25) is 0 Å². The van der Waals surface area contributed by atoms with E-state index in [-0.39, 0.29) is 17.4 Å². The van der Waals surface area contributed by atoms with Crippen LogP contribution in [-0.4, -0.2) is 24.9 Å². The Morgan fingerprint density at radius 3 is 2.55 bits per heavy atom. The predicted octanol–water partition coefficient (Wildman–Crippen LogP) is 0.588. The van der Waals surface area contributed by atoms with Gasteiger partial charge >= 0.3 is 0 Å². The van der Waals surface area contributed by atoms with Gasteiger partial charge in [0.2, 0.25) is 5.95 Å². The van der Waals surface area contributed by atoms with Crippen molar-refractivity contribution in [3.63, 3.8) is 0 Å². The number of anilines is 1. The van der Waals surface area contributed by atoms with Crippen molar-refractivity contribution in [2.75, 3.05) is 11.3 Å². The van der Waals surface area contributed by atoms with E-state index in [9.17, 15) is 8.42 Å². The Morgan fingerprint density at radius 1 is 1.15 bits per heavy atom. The van der Waals surface area contributed by atoms with Gasteiger partial charge in [-0.25, -0.2) is 23.1 Å². The van der Waals surface area contributed by atoms with E-state index in [2.05, 4.69) is 26.5 Å². The molecule has 0 aliphatic carbocycles. The summed E-state index contributed by atoms with van der Waals surface area (Å²) >= 11 is 0. The van der Waals surface area contributed by atoms with Gasteiger partial charge in [-0.1, -0.05) is 24.0 Å². The molecule has 2 aromatic rings. The molecule has 6 nitrogen and oxygen atoms in total. The highest BCUT2D eigenvalue weighted by molar-refractivity contribution is 7.92. The van der Waals surface area contributed by atoms with Gasteiger partial charge in [-0.3, -0.25) is 0 Å². The lowest BCUT2D eigenvalue weighted by molar-refractivity contribution is 0.600. The molecular formula is C13H12N4O2S. The monoisotopic (exact) mass is 288 g/mol. The van der Waals surface area contributed by atoms with Crippen LogP contribution >= 0.6 is 0 Å². The Morgan fingerprint density at radius 2 is 1.85 bits per heavy atom. The highest BCUT2D eigenvalue weighted by Gasteiger charge is 2.18. The zero-order valence-corrected chi connectivity index (χ0v) is 11.3. The summed E-state index contributed by atoms with van der Waals surface area (Å²) in [5, 5.41) is 0. The van der Waals surface area contributed by atoms with Crippen LogP contribution in [-0.2, 0) is 10.0 Å². The van der Waals surface area contributed by atoms with Gasteiger partial charge in [0, 0.05) is 18.0 Å². The number of hydrogen-bond donors (Lipinski definition) is 2. The normalized spacial score (nSPS) is 10.4. The van der Waals surface area contributed by atoms with Gasteiger partial charge in [0.1, 0.15) is 4.90 Å². The van der Waals surface area contributed by atoms with E-state index in [0.717, 1.165) is 0 Å². The molecule has 1 aromatic carbocycles. The number of rotatable bonds is 3. The summed E-state index contributed by atoms with van der Waals surface area (Å²) in [7, 11) is -3.79. The van der Waals surface area contributed by atoms with Crippen molar-refractivity contribution < 1.29 is 8.42 Å². The third-order valence-electron chi connectivity index (χ3n) is 2.29. The van der Waals surface area contributed by atoms with Gasteiger partial charge < -0.3 is 5.73 Å². The minimum Gasteiger partial charge on any atom is -0.320 e. The van der Waals surface area contributed by atoms with Crippen LogP contribution in [0.25, 0.3) is 0 Å². The fourth-order valence-electron chi connectivity index (χ4n) is 1.48. The van der Waals surface area contributed by atoms with Crippen LogP contribution in [0.4, 0.5) is 5.95 Å². The minimum atomic E-state index is -3.79. The molecule has 20 heavy (non-hydrogen) atoms. The van der Waals surface area contributed by atoms with Gasteiger partial charge in [-0.05, 0) is 18.2 Å². The molecule has 7 heteroatoms. The summed E-state index contributed by atoms with van der Waals surface area (Å²) in [4.78, 5) is 7.71. The van der Waals surface area contributed by atoms with Crippen LogP contribution in [0, 0.1) is 11.8 Å². The van der Waals surface area contributed by atoms with Crippen LogP contribution in [0.3, 0.4) is 0 Å². The van der Waals surface area contributed by atoms with E-state index >= 15 is 0 Å². The first-order valence-electron chi connectivity index (χ1n) is 5.71. The van der Waals surface area contributed by atoms with Crippen LogP contribution < -0.4 is 10.5 Å². The smallest absolute Gasteiger partial charge is 0.265 e. The first-order valence-corrected chi connectivity index (χ1v) is 7.19. The lowest BCUT2D eigenvalue weighted by Gasteiger charge is -2.07. The van der Waals surface area contributed by atoms with Crippen molar-refractivity contribution in [3.05, 3.63) is 48.3 Å². The topological polar surface area (TPSA) is 98.0 Å². The molecule has 0 fully saturated rings. The van der Waals surface area contributed by atoms with Crippen LogP contribution in [0.5, 0.6) is 0 Å². The quantitative estimate of drug-likeness (QED) is 0.805. The molecule has 0 unspecified atom stereocenters. The maximum absolute atomic E-state index is 12.3. The van der Waals surface area contributed by atoms with E-state index in [1.54, 1.807) is 24.3 Å². The van der Waals surface area contributed by atoms with Gasteiger partial charge in [-0.15, -0.1) is 0 Å². The van der Waals surface area contributed by atoms with Crippen molar-refractivity contribution in [1.29, 1.82) is 0 Å². The van der Waals surface area contributed by atoms with E-state index in [0.29, 0.717) is 5.56 Å². The van der Waals surface area contributed by atoms with Crippen LogP contribution in [0.1, 0.15) is 5.56 Å². The predicted molar refractivity (Wildman–Crippen MR) is 75.2 cm³/mol. The fourth-order valence-corrected chi connectivity index (χ4v) is 2.60. The fraction of sp³-hybridized carbons (Fsp3) is 0.0769. The first-order chi connectivity index (χ1) is 9.63. The number of benzene rings is 1. The molecule has 0 aliphatic rings. The molecule has 0 saturated heterocycles. The largest absolute Gasteiger partial charge is 0.320 e. The van der Waals surface area contributed by atoms with E-state index in [1.165, 1.54) is 18.5 Å². The molecule has 0 amide bonds. The number of nitrogens with two attached hydrogens (primary N) is 1. The van der Waals surface area contributed by atoms with Gasteiger partial charge in [-0.2, -0.15) is 0 Å². The molecular weight excluding hydrogens is 276 g/mol. The van der Waals surface area contributed by atoms with Crippen molar-refractivity contribution in [3.8, 4) is 11.8 Å². The van der Waals surface area contributed by atoms with Crippen molar-refractivity contribution in [1.82, 2.24) is 9.97 Å². The zero-order chi connectivity index (χ0) is 14.4. The molecule has 0 radical (unpaired) electrons. The lowest BCUT2D eigenvalue weighted by Crippen LogP contribution is -2.16. The molecule has 3 N–H and O–H groups in total. The Labute approximate surface area is 117 Å². The number of nitrogens with zero attached hydrogens (tertiary/aromatic N) is 2. The summed E-state index contributed by atoms with van der Waals surface area (Å²) in [6, 6.07) is 8.00. The van der Waals surface area contributed by atoms with Crippen molar-refractivity contribution in [2.24, 2.45) is 5.73 Å². The summed E-state index contributed by atoms with van der Waals surface area (Å²) in [6.07, 6.45) is 2.90. The highest BCUT2D eigenvalue weighted by atomic mass is 32.2. The summed E-state index contributed by atoms with van der Waals surface area (Å²) < 4.78 is 26.9. The van der Waals surface area contributed by atoms with Gasteiger partial charge in [0.25, 0.3) is 10.0 Å². The third kappa shape index (κ3) is 3.32. The molecule has 0 bridgehead atoms.